The Morgan fingerprint density at radius 2 is 1.71 bits per heavy atom. The average molecular weight is 237 g/mol. The van der Waals surface area contributed by atoms with Gasteiger partial charge in [-0.1, -0.05) is 18.2 Å². The molecule has 4 nitrogen and oxygen atoms in total. The quantitative estimate of drug-likeness (QED) is 0.792. The molecule has 4 heteroatoms. The summed E-state index contributed by atoms with van der Waals surface area (Å²) in [7, 11) is 0. The third-order valence-electron chi connectivity index (χ3n) is 2.40. The zero-order chi connectivity index (χ0) is 12.8. The Balaban J connectivity index is 2.47. The molecular formula is C13H19NO3. The summed E-state index contributed by atoms with van der Waals surface area (Å²) < 4.78 is 10.8. The second-order valence-electron chi connectivity index (χ2n) is 4.07. The minimum atomic E-state index is -0.610. The van der Waals surface area contributed by atoms with Crippen LogP contribution in [-0.2, 0) is 9.53 Å². The molecule has 3 atom stereocenters. The maximum Gasteiger partial charge on any atom is 0.323 e. The van der Waals surface area contributed by atoms with Crippen molar-refractivity contribution >= 4 is 5.97 Å². The van der Waals surface area contributed by atoms with E-state index in [2.05, 4.69) is 0 Å². The molecule has 0 aromatic heterocycles. The van der Waals surface area contributed by atoms with Gasteiger partial charge in [-0.25, -0.2) is 0 Å². The van der Waals surface area contributed by atoms with Crippen LogP contribution in [0.5, 0.6) is 5.75 Å². The van der Waals surface area contributed by atoms with Crippen LogP contribution in [0.1, 0.15) is 20.8 Å². The number of rotatable bonds is 5. The number of para-hydroxylation sites is 1. The van der Waals surface area contributed by atoms with Crippen LogP contribution in [0.2, 0.25) is 0 Å². The normalized spacial score (nSPS) is 15.8. The number of hydrogen-bond donors (Lipinski definition) is 1. The Morgan fingerprint density at radius 3 is 2.24 bits per heavy atom. The first-order chi connectivity index (χ1) is 8.00. The molecule has 0 fully saturated rings. The molecule has 1 aromatic rings. The molecule has 0 spiro atoms. The van der Waals surface area contributed by atoms with Gasteiger partial charge in [0.2, 0.25) is 0 Å². The summed E-state index contributed by atoms with van der Waals surface area (Å²) in [5.74, 6) is 0.338. The van der Waals surface area contributed by atoms with E-state index in [0.717, 1.165) is 5.75 Å². The summed E-state index contributed by atoms with van der Waals surface area (Å²) in [6.07, 6.45) is -0.561. The van der Waals surface area contributed by atoms with Crippen LogP contribution in [0.15, 0.2) is 30.3 Å². The van der Waals surface area contributed by atoms with Crippen LogP contribution < -0.4 is 10.5 Å². The summed E-state index contributed by atoms with van der Waals surface area (Å²) in [5.41, 5.74) is 5.42. The third kappa shape index (κ3) is 4.44. The SMILES string of the molecule is C[C@H](N)C(=O)O[C@@H](C)[C@@H](C)Oc1ccccc1. The molecule has 94 valence electrons. The summed E-state index contributed by atoms with van der Waals surface area (Å²) in [6.45, 7) is 5.23. The van der Waals surface area contributed by atoms with Gasteiger partial charge in [0.15, 0.2) is 0 Å². The molecule has 0 heterocycles. The van der Waals surface area contributed by atoms with E-state index >= 15 is 0 Å². The predicted molar refractivity (Wildman–Crippen MR) is 65.7 cm³/mol. The van der Waals surface area contributed by atoms with Crippen LogP contribution in [0.4, 0.5) is 0 Å². The molecule has 2 N–H and O–H groups in total. The summed E-state index contributed by atoms with van der Waals surface area (Å²) in [6, 6.07) is 8.80. The van der Waals surface area contributed by atoms with E-state index in [1.54, 1.807) is 13.8 Å². The second kappa shape index (κ2) is 6.25. The number of hydrogen-bond acceptors (Lipinski definition) is 4. The minimum Gasteiger partial charge on any atom is -0.487 e. The van der Waals surface area contributed by atoms with Gasteiger partial charge in [-0.15, -0.1) is 0 Å². The maximum atomic E-state index is 11.3. The zero-order valence-corrected chi connectivity index (χ0v) is 10.4. The second-order valence-corrected chi connectivity index (χ2v) is 4.07. The van der Waals surface area contributed by atoms with E-state index in [0.29, 0.717) is 0 Å². The van der Waals surface area contributed by atoms with Crippen LogP contribution >= 0.6 is 0 Å². The predicted octanol–water partition coefficient (Wildman–Crippen LogP) is 1.73. The molecule has 0 radical (unpaired) electrons. The van der Waals surface area contributed by atoms with Crippen LogP contribution in [-0.4, -0.2) is 24.2 Å². The molecule has 0 saturated carbocycles. The van der Waals surface area contributed by atoms with E-state index in [1.165, 1.54) is 0 Å². The van der Waals surface area contributed by atoms with E-state index in [-0.39, 0.29) is 12.2 Å². The van der Waals surface area contributed by atoms with Crippen LogP contribution in [0, 0.1) is 0 Å². The first kappa shape index (κ1) is 13.5. The lowest BCUT2D eigenvalue weighted by Gasteiger charge is -2.22. The number of ether oxygens (including phenoxy) is 2. The summed E-state index contributed by atoms with van der Waals surface area (Å²) >= 11 is 0. The van der Waals surface area contributed by atoms with Gasteiger partial charge in [-0.3, -0.25) is 4.79 Å². The lowest BCUT2D eigenvalue weighted by molar-refractivity contribution is -0.153. The standard InChI is InChI=1S/C13H19NO3/c1-9(14)13(15)17-11(3)10(2)16-12-7-5-4-6-8-12/h4-11H,14H2,1-3H3/t9-,10+,11-/m0/s1. The van der Waals surface area contributed by atoms with Gasteiger partial charge in [-0.05, 0) is 32.9 Å². The largest absolute Gasteiger partial charge is 0.487 e. The highest BCUT2D eigenvalue weighted by atomic mass is 16.6. The Labute approximate surface area is 102 Å². The highest BCUT2D eigenvalue weighted by molar-refractivity contribution is 5.75. The van der Waals surface area contributed by atoms with Crippen molar-refractivity contribution in [2.75, 3.05) is 0 Å². The van der Waals surface area contributed by atoms with E-state index in [9.17, 15) is 4.79 Å². The van der Waals surface area contributed by atoms with Crippen molar-refractivity contribution in [2.24, 2.45) is 5.73 Å². The molecule has 0 unspecified atom stereocenters. The summed E-state index contributed by atoms with van der Waals surface area (Å²) in [5, 5.41) is 0. The Bertz CT molecular complexity index is 351. The zero-order valence-electron chi connectivity index (χ0n) is 10.4. The smallest absolute Gasteiger partial charge is 0.323 e. The number of carbonyl (C=O) groups is 1. The maximum absolute atomic E-state index is 11.3. The molecule has 0 bridgehead atoms. The van der Waals surface area contributed by atoms with Crippen molar-refractivity contribution in [1.82, 2.24) is 0 Å². The average Bonchev–Trinajstić information content (AvgIpc) is 2.29. The monoisotopic (exact) mass is 237 g/mol. The fraction of sp³-hybridized carbons (Fsp3) is 0.462. The van der Waals surface area contributed by atoms with Gasteiger partial charge < -0.3 is 15.2 Å². The van der Waals surface area contributed by atoms with Crippen molar-refractivity contribution in [3.8, 4) is 5.75 Å². The molecule has 0 amide bonds. The first-order valence-corrected chi connectivity index (χ1v) is 5.68. The van der Waals surface area contributed by atoms with Crippen molar-refractivity contribution in [3.63, 3.8) is 0 Å². The molecule has 0 aliphatic heterocycles. The van der Waals surface area contributed by atoms with Crippen molar-refractivity contribution in [1.29, 1.82) is 0 Å². The van der Waals surface area contributed by atoms with Crippen molar-refractivity contribution in [3.05, 3.63) is 30.3 Å². The fourth-order valence-electron chi connectivity index (χ4n) is 1.20. The van der Waals surface area contributed by atoms with Gasteiger partial charge in [-0.2, -0.15) is 0 Å². The van der Waals surface area contributed by atoms with E-state index in [1.807, 2.05) is 37.3 Å². The van der Waals surface area contributed by atoms with Crippen LogP contribution in [0.25, 0.3) is 0 Å². The van der Waals surface area contributed by atoms with Gasteiger partial charge in [0.1, 0.15) is 24.0 Å². The van der Waals surface area contributed by atoms with Gasteiger partial charge >= 0.3 is 5.97 Å². The lowest BCUT2D eigenvalue weighted by Crippen LogP contribution is -2.37. The van der Waals surface area contributed by atoms with Gasteiger partial charge in [0, 0.05) is 0 Å². The third-order valence-corrected chi connectivity index (χ3v) is 2.40. The molecule has 1 rings (SSSR count). The Kier molecular flexibility index (Phi) is 4.97. The van der Waals surface area contributed by atoms with Gasteiger partial charge in [0.05, 0.1) is 0 Å². The molecule has 1 aromatic carbocycles. The minimum absolute atomic E-state index is 0.222. The number of carbonyl (C=O) groups excluding carboxylic acids is 1. The molecular weight excluding hydrogens is 218 g/mol. The number of nitrogens with two attached hydrogens (primary N) is 1. The van der Waals surface area contributed by atoms with E-state index in [4.69, 9.17) is 15.2 Å². The van der Waals surface area contributed by atoms with Crippen molar-refractivity contribution < 1.29 is 14.3 Å². The van der Waals surface area contributed by atoms with Gasteiger partial charge in [0.25, 0.3) is 0 Å². The summed E-state index contributed by atoms with van der Waals surface area (Å²) in [4.78, 5) is 11.3. The Morgan fingerprint density at radius 1 is 1.12 bits per heavy atom. The molecule has 17 heavy (non-hydrogen) atoms. The molecule has 0 aliphatic rings. The highest BCUT2D eigenvalue weighted by Crippen LogP contribution is 2.13. The molecule has 0 aliphatic carbocycles. The number of benzene rings is 1. The fourth-order valence-corrected chi connectivity index (χ4v) is 1.20. The first-order valence-electron chi connectivity index (χ1n) is 5.68. The number of esters is 1. The van der Waals surface area contributed by atoms with E-state index < -0.39 is 12.0 Å². The van der Waals surface area contributed by atoms with Crippen molar-refractivity contribution in [2.45, 2.75) is 39.0 Å². The lowest BCUT2D eigenvalue weighted by atomic mass is 10.2. The molecule has 0 saturated heterocycles. The Hall–Kier alpha value is -1.55. The highest BCUT2D eigenvalue weighted by Gasteiger charge is 2.20. The topological polar surface area (TPSA) is 61.6 Å². The van der Waals surface area contributed by atoms with Crippen LogP contribution in [0.3, 0.4) is 0 Å².